The molecule has 7 heteroatoms. The molecular weight excluding hydrogens is 325 g/mol. The van der Waals surface area contributed by atoms with Crippen LogP contribution >= 0.6 is 15.9 Å². The van der Waals surface area contributed by atoms with Crippen molar-refractivity contribution in [2.45, 2.75) is 6.92 Å². The highest BCUT2D eigenvalue weighted by Crippen LogP contribution is 2.26. The van der Waals surface area contributed by atoms with Crippen molar-refractivity contribution in [2.24, 2.45) is 0 Å². The Morgan fingerprint density at radius 1 is 1.25 bits per heavy atom. The van der Waals surface area contributed by atoms with E-state index in [0.717, 1.165) is 0 Å². The van der Waals surface area contributed by atoms with Gasteiger partial charge in [0.1, 0.15) is 5.82 Å². The Labute approximate surface area is 125 Å². The lowest BCUT2D eigenvalue weighted by Crippen LogP contribution is -2.16. The standard InChI is InChI=1S/C13H15BrFN5/c1-4-16-12-17-11(18-13(19-12)20(2)3)8-6-5-7-9(14)10(8)15/h5-7H,4H2,1-3H3,(H,16,17,18,19). The van der Waals surface area contributed by atoms with Gasteiger partial charge in [0, 0.05) is 20.6 Å². The van der Waals surface area contributed by atoms with Crippen LogP contribution in [0.5, 0.6) is 0 Å². The highest BCUT2D eigenvalue weighted by atomic mass is 79.9. The summed E-state index contributed by atoms with van der Waals surface area (Å²) in [6.45, 7) is 2.62. The number of hydrogen-bond acceptors (Lipinski definition) is 5. The molecule has 106 valence electrons. The fourth-order valence-corrected chi connectivity index (χ4v) is 1.97. The van der Waals surface area contributed by atoms with Gasteiger partial charge in [-0.15, -0.1) is 0 Å². The van der Waals surface area contributed by atoms with Gasteiger partial charge in [0.15, 0.2) is 5.82 Å². The first-order valence-electron chi connectivity index (χ1n) is 6.14. The predicted octanol–water partition coefficient (Wildman–Crippen LogP) is 2.94. The predicted molar refractivity (Wildman–Crippen MR) is 81.4 cm³/mol. The first-order chi connectivity index (χ1) is 9.52. The van der Waals surface area contributed by atoms with Crippen molar-refractivity contribution in [3.05, 3.63) is 28.5 Å². The van der Waals surface area contributed by atoms with E-state index < -0.39 is 0 Å². The second-order valence-electron chi connectivity index (χ2n) is 4.31. The average molecular weight is 340 g/mol. The molecule has 1 aromatic heterocycles. The van der Waals surface area contributed by atoms with Crippen LogP contribution in [0.1, 0.15) is 6.92 Å². The highest BCUT2D eigenvalue weighted by molar-refractivity contribution is 9.10. The molecule has 20 heavy (non-hydrogen) atoms. The molecule has 0 fully saturated rings. The smallest absolute Gasteiger partial charge is 0.230 e. The molecule has 0 amide bonds. The van der Waals surface area contributed by atoms with Crippen molar-refractivity contribution >= 4 is 27.8 Å². The summed E-state index contributed by atoms with van der Waals surface area (Å²) in [6.07, 6.45) is 0. The lowest BCUT2D eigenvalue weighted by molar-refractivity contribution is 0.623. The van der Waals surface area contributed by atoms with Gasteiger partial charge in [0.2, 0.25) is 11.9 Å². The fourth-order valence-electron chi connectivity index (χ4n) is 1.60. The second-order valence-corrected chi connectivity index (χ2v) is 5.16. The van der Waals surface area contributed by atoms with Crippen LogP contribution in [0.3, 0.4) is 0 Å². The van der Waals surface area contributed by atoms with Gasteiger partial charge in [-0.2, -0.15) is 15.0 Å². The zero-order valence-corrected chi connectivity index (χ0v) is 13.1. The van der Waals surface area contributed by atoms with Gasteiger partial charge in [-0.3, -0.25) is 0 Å². The number of rotatable bonds is 4. The number of hydrogen-bond donors (Lipinski definition) is 1. The summed E-state index contributed by atoms with van der Waals surface area (Å²) in [6, 6.07) is 5.03. The molecule has 0 unspecified atom stereocenters. The lowest BCUT2D eigenvalue weighted by atomic mass is 10.2. The van der Waals surface area contributed by atoms with Crippen LogP contribution in [0.4, 0.5) is 16.3 Å². The van der Waals surface area contributed by atoms with Gasteiger partial charge in [-0.1, -0.05) is 6.07 Å². The number of nitrogens with zero attached hydrogens (tertiary/aromatic N) is 4. The van der Waals surface area contributed by atoms with Crippen LogP contribution in [0.25, 0.3) is 11.4 Å². The molecule has 1 aromatic carbocycles. The van der Waals surface area contributed by atoms with Crippen LogP contribution in [0, 0.1) is 5.82 Å². The minimum absolute atomic E-state index is 0.304. The molecule has 0 radical (unpaired) electrons. The molecule has 1 N–H and O–H groups in total. The largest absolute Gasteiger partial charge is 0.354 e. The quantitative estimate of drug-likeness (QED) is 0.928. The number of anilines is 2. The average Bonchev–Trinajstić information content (AvgIpc) is 2.42. The van der Waals surface area contributed by atoms with E-state index in [1.165, 1.54) is 0 Å². The molecule has 2 rings (SSSR count). The summed E-state index contributed by atoms with van der Waals surface area (Å²) in [7, 11) is 3.65. The first-order valence-corrected chi connectivity index (χ1v) is 6.94. The molecule has 0 aliphatic heterocycles. The third kappa shape index (κ3) is 3.04. The SMILES string of the molecule is CCNc1nc(-c2cccc(Br)c2F)nc(N(C)C)n1. The highest BCUT2D eigenvalue weighted by Gasteiger charge is 2.14. The molecule has 0 bridgehead atoms. The van der Waals surface area contributed by atoms with Crippen molar-refractivity contribution in [1.29, 1.82) is 0 Å². The molecule has 0 aliphatic rings. The van der Waals surface area contributed by atoms with E-state index in [1.54, 1.807) is 23.1 Å². The molecule has 0 spiro atoms. The van der Waals surface area contributed by atoms with Crippen molar-refractivity contribution in [3.63, 3.8) is 0 Å². The third-order valence-corrected chi connectivity index (χ3v) is 3.16. The maximum Gasteiger partial charge on any atom is 0.230 e. The summed E-state index contributed by atoms with van der Waals surface area (Å²) in [5.74, 6) is 0.829. The van der Waals surface area contributed by atoms with Crippen LogP contribution in [-0.4, -0.2) is 35.6 Å². The van der Waals surface area contributed by atoms with Gasteiger partial charge in [0.05, 0.1) is 10.0 Å². The van der Waals surface area contributed by atoms with Gasteiger partial charge in [0.25, 0.3) is 0 Å². The Balaban J connectivity index is 2.57. The van der Waals surface area contributed by atoms with Crippen molar-refractivity contribution in [3.8, 4) is 11.4 Å². The van der Waals surface area contributed by atoms with Crippen LogP contribution in [-0.2, 0) is 0 Å². The van der Waals surface area contributed by atoms with Gasteiger partial charge in [-0.05, 0) is 35.0 Å². The zero-order chi connectivity index (χ0) is 14.7. The molecule has 1 heterocycles. The Kier molecular flexibility index (Phi) is 4.49. The summed E-state index contributed by atoms with van der Waals surface area (Å²) >= 11 is 3.17. The molecule has 0 saturated heterocycles. The Morgan fingerprint density at radius 3 is 2.65 bits per heavy atom. The third-order valence-electron chi connectivity index (χ3n) is 2.55. The summed E-state index contributed by atoms with van der Waals surface area (Å²) in [4.78, 5) is 14.6. The minimum atomic E-state index is -0.383. The van der Waals surface area contributed by atoms with Gasteiger partial charge >= 0.3 is 0 Å². The number of aromatic nitrogens is 3. The van der Waals surface area contributed by atoms with Crippen molar-refractivity contribution in [1.82, 2.24) is 15.0 Å². The lowest BCUT2D eigenvalue weighted by Gasteiger charge is -2.13. The molecule has 0 atom stereocenters. The topological polar surface area (TPSA) is 53.9 Å². The van der Waals surface area contributed by atoms with E-state index in [1.807, 2.05) is 21.0 Å². The van der Waals surface area contributed by atoms with E-state index >= 15 is 0 Å². The van der Waals surface area contributed by atoms with Gasteiger partial charge in [-0.25, -0.2) is 4.39 Å². The summed E-state index contributed by atoms with van der Waals surface area (Å²) < 4.78 is 14.5. The van der Waals surface area contributed by atoms with E-state index in [0.29, 0.717) is 34.3 Å². The van der Waals surface area contributed by atoms with E-state index in [-0.39, 0.29) is 5.82 Å². The second kappa shape index (κ2) is 6.13. The van der Waals surface area contributed by atoms with Crippen LogP contribution < -0.4 is 10.2 Å². The first kappa shape index (κ1) is 14.6. The maximum atomic E-state index is 14.2. The summed E-state index contributed by atoms with van der Waals surface area (Å²) in [5, 5.41) is 3.02. The zero-order valence-electron chi connectivity index (χ0n) is 11.5. The van der Waals surface area contributed by atoms with Crippen molar-refractivity contribution in [2.75, 3.05) is 30.9 Å². The summed E-state index contributed by atoms with van der Waals surface area (Å²) in [5.41, 5.74) is 0.337. The van der Waals surface area contributed by atoms with Crippen molar-refractivity contribution < 1.29 is 4.39 Å². The van der Waals surface area contributed by atoms with Crippen LogP contribution in [0.15, 0.2) is 22.7 Å². The van der Waals surface area contributed by atoms with E-state index in [4.69, 9.17) is 0 Å². The maximum absolute atomic E-state index is 14.2. The normalized spacial score (nSPS) is 10.4. The number of benzene rings is 1. The van der Waals surface area contributed by atoms with E-state index in [2.05, 4.69) is 36.2 Å². The minimum Gasteiger partial charge on any atom is -0.354 e. The Bertz CT molecular complexity index is 618. The molecule has 0 aliphatic carbocycles. The monoisotopic (exact) mass is 339 g/mol. The van der Waals surface area contributed by atoms with Crippen LogP contribution in [0.2, 0.25) is 0 Å². The van der Waals surface area contributed by atoms with Gasteiger partial charge < -0.3 is 10.2 Å². The number of halogens is 2. The Morgan fingerprint density at radius 2 is 2.00 bits per heavy atom. The van der Waals surface area contributed by atoms with E-state index in [9.17, 15) is 4.39 Å². The molecule has 2 aromatic rings. The number of nitrogens with one attached hydrogen (secondary N) is 1. The molecule has 5 nitrogen and oxygen atoms in total. The fraction of sp³-hybridized carbons (Fsp3) is 0.308. The molecule has 0 saturated carbocycles. The molecular formula is C13H15BrFN5. The Hall–Kier alpha value is -1.76.